The number of benzene rings is 3. The zero-order valence-electron chi connectivity index (χ0n) is 21.1. The highest BCUT2D eigenvalue weighted by Gasteiger charge is 2.26. The number of carboxylic acid groups (broad SMARTS) is 1. The second-order valence-electron chi connectivity index (χ2n) is 9.31. The van der Waals surface area contributed by atoms with E-state index in [1.807, 2.05) is 56.3 Å². The Balaban J connectivity index is 1.44. The molecule has 0 saturated heterocycles. The first kappa shape index (κ1) is 26.3. The zero-order chi connectivity index (χ0) is 26.6. The number of aliphatic carboxylic acids is 1. The van der Waals surface area contributed by atoms with Gasteiger partial charge in [-0.05, 0) is 72.0 Å². The fraction of sp³-hybridized carbons (Fsp3) is 0.276. The molecule has 1 heterocycles. The van der Waals surface area contributed by atoms with Crippen LogP contribution in [-0.2, 0) is 21.2 Å². The second kappa shape index (κ2) is 11.1. The number of rotatable bonds is 10. The molecule has 0 bridgehead atoms. The molecule has 1 N–H and O–H groups in total. The molecule has 0 fully saturated rings. The van der Waals surface area contributed by atoms with Crippen LogP contribution < -0.4 is 14.2 Å². The molecular weight excluding hydrogens is 492 g/mol. The number of sulfone groups is 1. The Morgan fingerprint density at radius 2 is 1.84 bits per heavy atom. The van der Waals surface area contributed by atoms with Gasteiger partial charge in [0.1, 0.15) is 23.9 Å². The summed E-state index contributed by atoms with van der Waals surface area (Å²) in [6.45, 7) is 4.77. The number of carboxylic acids is 1. The number of aryl methyl sites for hydroxylation is 2. The molecule has 3 aromatic carbocycles. The molecule has 0 aliphatic carbocycles. The maximum absolute atomic E-state index is 11.3. The molecule has 0 saturated carbocycles. The lowest BCUT2D eigenvalue weighted by atomic mass is 9.94. The van der Waals surface area contributed by atoms with E-state index in [2.05, 4.69) is 12.1 Å². The van der Waals surface area contributed by atoms with Crippen LogP contribution in [0, 0.1) is 13.8 Å². The van der Waals surface area contributed by atoms with Gasteiger partial charge in [0.05, 0.1) is 25.0 Å². The SMILES string of the molecule is Cc1cc(O/C=C/CS(C)(=O)=O)cc(C)c1-c1cccc(COc2ccc3c(c2)OC[C@H]3CC(=O)O)c1. The molecule has 1 aliphatic heterocycles. The second-order valence-corrected chi connectivity index (χ2v) is 11.5. The summed E-state index contributed by atoms with van der Waals surface area (Å²) >= 11 is 0. The van der Waals surface area contributed by atoms with Gasteiger partial charge < -0.3 is 19.3 Å². The quantitative estimate of drug-likeness (QED) is 0.354. The maximum atomic E-state index is 11.3. The predicted molar refractivity (Wildman–Crippen MR) is 142 cm³/mol. The minimum atomic E-state index is -3.08. The Kier molecular flexibility index (Phi) is 7.88. The fourth-order valence-corrected chi connectivity index (χ4v) is 4.93. The topological polar surface area (TPSA) is 99.1 Å². The maximum Gasteiger partial charge on any atom is 0.304 e. The summed E-state index contributed by atoms with van der Waals surface area (Å²) in [5, 5.41) is 9.08. The summed E-state index contributed by atoms with van der Waals surface area (Å²) in [5.74, 6) is 0.949. The van der Waals surface area contributed by atoms with E-state index in [1.165, 1.54) is 18.6 Å². The third kappa shape index (κ3) is 6.92. The smallest absolute Gasteiger partial charge is 0.304 e. The first-order valence-electron chi connectivity index (χ1n) is 11.9. The summed E-state index contributed by atoms with van der Waals surface area (Å²) < 4.78 is 39.8. The molecule has 7 nitrogen and oxygen atoms in total. The average molecular weight is 523 g/mol. The van der Waals surface area contributed by atoms with E-state index >= 15 is 0 Å². The van der Waals surface area contributed by atoms with Crippen LogP contribution in [-0.4, -0.2) is 38.1 Å². The molecule has 0 spiro atoms. The normalized spacial score (nSPS) is 14.8. The number of carbonyl (C=O) groups is 1. The third-order valence-electron chi connectivity index (χ3n) is 6.11. The summed E-state index contributed by atoms with van der Waals surface area (Å²) in [7, 11) is -3.08. The lowest BCUT2D eigenvalue weighted by Gasteiger charge is -2.14. The highest BCUT2D eigenvalue weighted by Crippen LogP contribution is 2.38. The van der Waals surface area contributed by atoms with E-state index in [1.54, 1.807) is 0 Å². The van der Waals surface area contributed by atoms with Crippen LogP contribution in [0.2, 0.25) is 0 Å². The monoisotopic (exact) mass is 522 g/mol. The lowest BCUT2D eigenvalue weighted by Crippen LogP contribution is -2.07. The van der Waals surface area contributed by atoms with Crippen LogP contribution in [0.1, 0.15) is 34.6 Å². The van der Waals surface area contributed by atoms with Crippen LogP contribution in [0.15, 0.2) is 66.9 Å². The van der Waals surface area contributed by atoms with Gasteiger partial charge in [-0.1, -0.05) is 24.3 Å². The molecule has 37 heavy (non-hydrogen) atoms. The van der Waals surface area contributed by atoms with Gasteiger partial charge in [-0.2, -0.15) is 0 Å². The highest BCUT2D eigenvalue weighted by molar-refractivity contribution is 7.90. The van der Waals surface area contributed by atoms with Gasteiger partial charge in [0.2, 0.25) is 0 Å². The van der Waals surface area contributed by atoms with Crippen molar-refractivity contribution >= 4 is 15.8 Å². The predicted octanol–water partition coefficient (Wildman–Crippen LogP) is 5.44. The van der Waals surface area contributed by atoms with Crippen LogP contribution in [0.5, 0.6) is 17.2 Å². The van der Waals surface area contributed by atoms with E-state index in [0.29, 0.717) is 30.5 Å². The van der Waals surface area contributed by atoms with Crippen molar-refractivity contribution < 1.29 is 32.5 Å². The minimum Gasteiger partial charge on any atom is -0.492 e. The molecule has 3 aromatic rings. The number of fused-ring (bicyclic) bond motifs is 1. The Bertz CT molecular complexity index is 1420. The Labute approximate surface area is 217 Å². The molecule has 1 aliphatic rings. The van der Waals surface area contributed by atoms with Gasteiger partial charge >= 0.3 is 5.97 Å². The largest absolute Gasteiger partial charge is 0.492 e. The molecule has 0 aromatic heterocycles. The van der Waals surface area contributed by atoms with Crippen LogP contribution >= 0.6 is 0 Å². The molecule has 4 rings (SSSR count). The van der Waals surface area contributed by atoms with Crippen LogP contribution in [0.4, 0.5) is 0 Å². The molecular formula is C29H30O7S. The van der Waals surface area contributed by atoms with Gasteiger partial charge in [-0.25, -0.2) is 8.42 Å². The minimum absolute atomic E-state index is 0.0474. The van der Waals surface area contributed by atoms with Crippen molar-refractivity contribution in [2.45, 2.75) is 32.8 Å². The van der Waals surface area contributed by atoms with E-state index in [9.17, 15) is 13.2 Å². The Hall–Kier alpha value is -3.78. The van der Waals surface area contributed by atoms with E-state index in [-0.39, 0.29) is 18.1 Å². The van der Waals surface area contributed by atoms with Gasteiger partial charge in [-0.15, -0.1) is 0 Å². The Morgan fingerprint density at radius 1 is 1.08 bits per heavy atom. The number of ether oxygens (including phenoxy) is 3. The van der Waals surface area contributed by atoms with Gasteiger partial charge in [-0.3, -0.25) is 4.79 Å². The van der Waals surface area contributed by atoms with Crippen molar-refractivity contribution in [2.75, 3.05) is 18.6 Å². The molecule has 8 heteroatoms. The number of hydrogen-bond donors (Lipinski definition) is 1. The van der Waals surface area contributed by atoms with E-state index in [0.717, 1.165) is 33.4 Å². The van der Waals surface area contributed by atoms with Crippen LogP contribution in [0.3, 0.4) is 0 Å². The summed E-state index contributed by atoms with van der Waals surface area (Å²) in [4.78, 5) is 11.1. The van der Waals surface area contributed by atoms with Crippen molar-refractivity contribution in [1.82, 2.24) is 0 Å². The number of hydrogen-bond acceptors (Lipinski definition) is 6. The Morgan fingerprint density at radius 3 is 2.54 bits per heavy atom. The van der Waals surface area contributed by atoms with Gasteiger partial charge in [0.15, 0.2) is 9.84 Å². The van der Waals surface area contributed by atoms with Crippen molar-refractivity contribution in [3.63, 3.8) is 0 Å². The average Bonchev–Trinajstić information content (AvgIpc) is 3.21. The van der Waals surface area contributed by atoms with Crippen molar-refractivity contribution in [3.8, 4) is 28.4 Å². The first-order chi connectivity index (χ1) is 17.6. The van der Waals surface area contributed by atoms with E-state index in [4.69, 9.17) is 19.3 Å². The third-order valence-corrected chi connectivity index (χ3v) is 6.91. The van der Waals surface area contributed by atoms with Crippen molar-refractivity contribution in [3.05, 3.63) is 89.2 Å². The van der Waals surface area contributed by atoms with Crippen molar-refractivity contribution in [1.29, 1.82) is 0 Å². The molecule has 194 valence electrons. The molecule has 1 atom stereocenters. The molecule has 0 unspecified atom stereocenters. The van der Waals surface area contributed by atoms with E-state index < -0.39 is 15.8 Å². The fourth-order valence-electron chi connectivity index (χ4n) is 4.50. The summed E-state index contributed by atoms with van der Waals surface area (Å²) in [6, 6.07) is 17.6. The van der Waals surface area contributed by atoms with Gasteiger partial charge in [0.25, 0.3) is 0 Å². The summed E-state index contributed by atoms with van der Waals surface area (Å²) in [6.07, 6.45) is 4.12. The standard InChI is InChI=1S/C29H30O7S/c1-19-12-25(34-10-5-11-37(3,32)33)13-20(2)29(19)22-7-4-6-21(14-22)17-35-24-8-9-26-23(15-28(30)31)18-36-27(26)16-24/h4-10,12-14,16,23H,11,15,17-18H2,1-3H3,(H,30,31)/b10-5+/t23-/m1/s1. The molecule has 0 radical (unpaired) electrons. The summed E-state index contributed by atoms with van der Waals surface area (Å²) in [5.41, 5.74) is 6.15. The van der Waals surface area contributed by atoms with Crippen LogP contribution in [0.25, 0.3) is 11.1 Å². The van der Waals surface area contributed by atoms with Crippen molar-refractivity contribution in [2.24, 2.45) is 0 Å². The van der Waals surface area contributed by atoms with Gasteiger partial charge in [0, 0.05) is 23.8 Å². The lowest BCUT2D eigenvalue weighted by molar-refractivity contribution is -0.137. The highest BCUT2D eigenvalue weighted by atomic mass is 32.2. The zero-order valence-corrected chi connectivity index (χ0v) is 21.9. The first-order valence-corrected chi connectivity index (χ1v) is 14.0. The molecule has 0 amide bonds.